The van der Waals surface area contributed by atoms with Crippen LogP contribution in [0.4, 0.5) is 5.69 Å². The lowest BCUT2D eigenvalue weighted by molar-refractivity contribution is -0.134. The summed E-state index contributed by atoms with van der Waals surface area (Å²) >= 11 is 0. The van der Waals surface area contributed by atoms with Crippen molar-refractivity contribution in [1.29, 1.82) is 0 Å². The van der Waals surface area contributed by atoms with Crippen LogP contribution in [0.15, 0.2) is 36.4 Å². The predicted octanol–water partition coefficient (Wildman–Crippen LogP) is 3.74. The average Bonchev–Trinajstić information content (AvgIpc) is 3.50. The van der Waals surface area contributed by atoms with Gasteiger partial charge in [-0.3, -0.25) is 14.4 Å². The van der Waals surface area contributed by atoms with Crippen LogP contribution in [0.3, 0.4) is 0 Å². The Kier molecular flexibility index (Phi) is 6.03. The van der Waals surface area contributed by atoms with Crippen LogP contribution in [0.5, 0.6) is 11.5 Å². The van der Waals surface area contributed by atoms with E-state index >= 15 is 0 Å². The molecular weight excluding hydrogens is 420 g/mol. The van der Waals surface area contributed by atoms with Gasteiger partial charge in [0.2, 0.25) is 18.6 Å². The molecule has 2 heterocycles. The number of nitrogens with one attached hydrogen (secondary N) is 1. The van der Waals surface area contributed by atoms with Crippen LogP contribution >= 0.6 is 0 Å². The molecule has 0 saturated carbocycles. The normalized spacial score (nSPS) is 17.0. The van der Waals surface area contributed by atoms with E-state index in [1.165, 1.54) is 11.1 Å². The predicted molar refractivity (Wildman–Crippen MR) is 123 cm³/mol. The van der Waals surface area contributed by atoms with E-state index in [0.29, 0.717) is 48.7 Å². The lowest BCUT2D eigenvalue weighted by Crippen LogP contribution is -2.41. The van der Waals surface area contributed by atoms with Crippen molar-refractivity contribution in [3.8, 4) is 11.5 Å². The number of benzene rings is 2. The standard InChI is InChI=1S/C26H28N2O5/c29-22(20-5-4-17-2-1-3-19(17)14-20)7-9-25(30)28-12-10-18(11-13-28)26(31)27-21-6-8-23-24(15-21)33-16-32-23/h4-6,8,14-15,18H,1-3,7,9-13,16H2,(H,27,31). The number of carbonyl (C=O) groups excluding carboxylic acids is 3. The van der Waals surface area contributed by atoms with Gasteiger partial charge >= 0.3 is 0 Å². The number of Topliss-reactive ketones (excluding diaryl/α,β-unsaturated/α-hetero) is 1. The Morgan fingerprint density at radius 2 is 1.70 bits per heavy atom. The van der Waals surface area contributed by atoms with E-state index in [1.807, 2.05) is 12.1 Å². The molecule has 0 atom stereocenters. The maximum atomic E-state index is 12.7. The van der Waals surface area contributed by atoms with Gasteiger partial charge in [-0.25, -0.2) is 0 Å². The highest BCUT2D eigenvalue weighted by atomic mass is 16.7. The summed E-state index contributed by atoms with van der Waals surface area (Å²) in [7, 11) is 0. The molecule has 7 nitrogen and oxygen atoms in total. The molecule has 1 fully saturated rings. The smallest absolute Gasteiger partial charge is 0.231 e. The fourth-order valence-electron chi connectivity index (χ4n) is 4.88. The molecule has 1 saturated heterocycles. The molecule has 0 radical (unpaired) electrons. The first-order valence-corrected chi connectivity index (χ1v) is 11.7. The highest BCUT2D eigenvalue weighted by Gasteiger charge is 2.28. The minimum Gasteiger partial charge on any atom is -0.454 e. The summed E-state index contributed by atoms with van der Waals surface area (Å²) in [6.45, 7) is 1.26. The van der Waals surface area contributed by atoms with E-state index in [9.17, 15) is 14.4 Å². The number of ketones is 1. The van der Waals surface area contributed by atoms with Gasteiger partial charge in [0.05, 0.1) is 0 Å². The number of rotatable bonds is 6. The van der Waals surface area contributed by atoms with Crippen LogP contribution in [0.1, 0.15) is 53.6 Å². The number of ether oxygens (including phenoxy) is 2. The fourth-order valence-corrected chi connectivity index (χ4v) is 4.88. The van der Waals surface area contributed by atoms with E-state index in [1.54, 1.807) is 23.1 Å². The van der Waals surface area contributed by atoms with Crippen molar-refractivity contribution in [3.05, 3.63) is 53.1 Å². The van der Waals surface area contributed by atoms with Gasteiger partial charge in [-0.1, -0.05) is 12.1 Å². The number of aryl methyl sites for hydroxylation is 2. The summed E-state index contributed by atoms with van der Waals surface area (Å²) < 4.78 is 10.6. The Morgan fingerprint density at radius 1 is 0.909 bits per heavy atom. The van der Waals surface area contributed by atoms with Crippen LogP contribution in [0.2, 0.25) is 0 Å². The number of likely N-dealkylation sites (tertiary alicyclic amines) is 1. The van der Waals surface area contributed by atoms with Gasteiger partial charge in [0.1, 0.15) is 0 Å². The Morgan fingerprint density at radius 3 is 2.55 bits per heavy atom. The molecule has 1 aliphatic carbocycles. The minimum atomic E-state index is -0.146. The van der Waals surface area contributed by atoms with Crippen molar-refractivity contribution in [2.75, 3.05) is 25.2 Å². The number of fused-ring (bicyclic) bond motifs is 2. The van der Waals surface area contributed by atoms with Gasteiger partial charge in [0.15, 0.2) is 17.3 Å². The quantitative estimate of drug-likeness (QED) is 0.681. The summed E-state index contributed by atoms with van der Waals surface area (Å²) in [5.74, 6) is 1.12. The third-order valence-corrected chi connectivity index (χ3v) is 6.84. The molecular formula is C26H28N2O5. The Balaban J connectivity index is 1.08. The van der Waals surface area contributed by atoms with Crippen LogP contribution in [0, 0.1) is 5.92 Å². The largest absolute Gasteiger partial charge is 0.454 e. The number of hydrogen-bond donors (Lipinski definition) is 1. The zero-order chi connectivity index (χ0) is 22.8. The van der Waals surface area contributed by atoms with E-state index in [-0.39, 0.29) is 43.2 Å². The summed E-state index contributed by atoms with van der Waals surface area (Å²) in [6, 6.07) is 11.3. The number of piperidine rings is 1. The van der Waals surface area contributed by atoms with E-state index in [4.69, 9.17) is 9.47 Å². The van der Waals surface area contributed by atoms with Crippen molar-refractivity contribution in [3.63, 3.8) is 0 Å². The van der Waals surface area contributed by atoms with Gasteiger partial charge in [-0.05, 0) is 61.4 Å². The zero-order valence-corrected chi connectivity index (χ0v) is 18.6. The Hall–Kier alpha value is -3.35. The SMILES string of the molecule is O=C(CCC(=O)N1CCC(C(=O)Nc2ccc3c(c2)OCO3)CC1)c1ccc2c(c1)CCC2. The molecule has 0 spiro atoms. The third-order valence-electron chi connectivity index (χ3n) is 6.84. The van der Waals surface area contributed by atoms with E-state index in [0.717, 1.165) is 19.3 Å². The average molecular weight is 449 g/mol. The van der Waals surface area contributed by atoms with E-state index in [2.05, 4.69) is 11.4 Å². The second kappa shape index (κ2) is 9.25. The van der Waals surface area contributed by atoms with Crippen molar-refractivity contribution in [1.82, 2.24) is 4.90 Å². The second-order valence-electron chi connectivity index (χ2n) is 8.97. The molecule has 2 aromatic carbocycles. The van der Waals surface area contributed by atoms with Crippen LogP contribution in [0.25, 0.3) is 0 Å². The third kappa shape index (κ3) is 4.72. The summed E-state index contributed by atoms with van der Waals surface area (Å²) in [4.78, 5) is 39.7. The first kappa shape index (κ1) is 21.5. The maximum Gasteiger partial charge on any atom is 0.231 e. The number of nitrogens with zero attached hydrogens (tertiary/aromatic N) is 1. The van der Waals surface area contributed by atoms with Gasteiger partial charge < -0.3 is 19.7 Å². The number of amides is 2. The molecule has 1 N–H and O–H groups in total. The number of hydrogen-bond acceptors (Lipinski definition) is 5. The van der Waals surface area contributed by atoms with Gasteiger partial charge in [-0.2, -0.15) is 0 Å². The zero-order valence-electron chi connectivity index (χ0n) is 18.6. The molecule has 2 aliphatic heterocycles. The molecule has 2 aromatic rings. The van der Waals surface area contributed by atoms with E-state index < -0.39 is 0 Å². The molecule has 3 aliphatic rings. The minimum absolute atomic E-state index is 0.0147. The van der Waals surface area contributed by atoms with Crippen LogP contribution in [-0.2, 0) is 22.4 Å². The molecule has 7 heteroatoms. The molecule has 2 amide bonds. The van der Waals surface area contributed by atoms with Gasteiger partial charge in [-0.15, -0.1) is 0 Å². The molecule has 0 unspecified atom stereocenters. The number of anilines is 1. The topological polar surface area (TPSA) is 84.9 Å². The van der Waals surface area contributed by atoms with Gasteiger partial charge in [0.25, 0.3) is 0 Å². The van der Waals surface area contributed by atoms with Crippen LogP contribution in [-0.4, -0.2) is 42.4 Å². The lowest BCUT2D eigenvalue weighted by Gasteiger charge is -2.31. The van der Waals surface area contributed by atoms with Crippen molar-refractivity contribution >= 4 is 23.3 Å². The molecule has 172 valence electrons. The first-order valence-electron chi connectivity index (χ1n) is 11.7. The summed E-state index contributed by atoms with van der Waals surface area (Å²) in [5, 5.41) is 2.94. The highest BCUT2D eigenvalue weighted by molar-refractivity contribution is 5.98. The van der Waals surface area contributed by atoms with Crippen molar-refractivity contribution in [2.45, 2.75) is 44.9 Å². The van der Waals surface area contributed by atoms with Crippen molar-refractivity contribution in [2.24, 2.45) is 5.92 Å². The maximum absolute atomic E-state index is 12.7. The number of carbonyl (C=O) groups is 3. The Labute approximate surface area is 193 Å². The fraction of sp³-hybridized carbons (Fsp3) is 0.423. The molecule has 0 bridgehead atoms. The summed E-state index contributed by atoms with van der Waals surface area (Å²) in [6.07, 6.45) is 4.93. The van der Waals surface area contributed by atoms with Crippen LogP contribution < -0.4 is 14.8 Å². The first-order chi connectivity index (χ1) is 16.1. The monoisotopic (exact) mass is 448 g/mol. The summed E-state index contributed by atoms with van der Waals surface area (Å²) in [5.41, 5.74) is 4.00. The molecule has 33 heavy (non-hydrogen) atoms. The lowest BCUT2D eigenvalue weighted by atomic mass is 9.95. The second-order valence-corrected chi connectivity index (χ2v) is 8.97. The molecule has 0 aromatic heterocycles. The molecule has 5 rings (SSSR count). The highest BCUT2D eigenvalue weighted by Crippen LogP contribution is 2.34. The van der Waals surface area contributed by atoms with Gasteiger partial charge in [0, 0.05) is 49.2 Å². The van der Waals surface area contributed by atoms with Crippen molar-refractivity contribution < 1.29 is 23.9 Å². The Bertz CT molecular complexity index is 1090.